The van der Waals surface area contributed by atoms with Gasteiger partial charge in [-0.1, -0.05) is 206 Å². The van der Waals surface area contributed by atoms with Crippen molar-refractivity contribution < 1.29 is 0 Å². The van der Waals surface area contributed by atoms with Gasteiger partial charge in [-0.15, -0.1) is 0 Å². The highest BCUT2D eigenvalue weighted by Crippen LogP contribution is 2.50. The highest BCUT2D eigenvalue weighted by atomic mass is 15.1. The fraction of sp³-hybridized carbons (Fsp3) is 0.0294. The van der Waals surface area contributed by atoms with Gasteiger partial charge in [-0.3, -0.25) is 0 Å². The Morgan fingerprint density at radius 2 is 0.671 bits per heavy atom. The zero-order valence-corrected chi connectivity index (χ0v) is 38.7. The number of anilines is 6. The number of hydrogen-bond donors (Lipinski definition) is 0. The lowest BCUT2D eigenvalue weighted by Gasteiger charge is -2.29. The number of para-hydroxylation sites is 2. The summed E-state index contributed by atoms with van der Waals surface area (Å²) >= 11 is 0. The number of nitrogens with zero attached hydrogens (tertiary/aromatic N) is 2. The third-order valence-electron chi connectivity index (χ3n) is 14.3. The first-order valence-corrected chi connectivity index (χ1v) is 24.4. The summed E-state index contributed by atoms with van der Waals surface area (Å²) in [5.41, 5.74) is 14.5. The molecule has 0 spiro atoms. The van der Waals surface area contributed by atoms with Crippen LogP contribution in [0.3, 0.4) is 0 Å². The van der Waals surface area contributed by atoms with Gasteiger partial charge in [0.05, 0.1) is 11.4 Å². The van der Waals surface area contributed by atoms with Gasteiger partial charge in [0.25, 0.3) is 0 Å². The number of hydrogen-bond acceptors (Lipinski definition) is 2. The van der Waals surface area contributed by atoms with Crippen molar-refractivity contribution in [2.75, 3.05) is 9.80 Å². The van der Waals surface area contributed by atoms with Crippen LogP contribution in [0.1, 0.15) is 24.0 Å². The van der Waals surface area contributed by atoms with Gasteiger partial charge in [0.1, 0.15) is 0 Å². The molecule has 0 aliphatic heterocycles. The Labute approximate surface area is 409 Å². The van der Waals surface area contributed by atoms with E-state index in [4.69, 9.17) is 0 Å². The molecule has 2 nitrogen and oxygen atoms in total. The standard InChI is InChI=1S/C68H48N2/c1-4-19-47(20-5-1)48-37-39-52(40-38-48)67-61-43-41-56(70(54-29-8-3-9-30-54)66-36-18-26-51-23-12-15-33-59(51)66)46-64(61)68(60-34-16-24-49-21-10-13-31-57(49)60)62-44-42-55(45-63(62)67)69(53-27-6-2-7-28-53)65-35-17-25-50-22-11-14-32-58(50)65/h1-37,39,41-46H,38,40H2. The number of allylic oxidation sites excluding steroid dienone is 4. The van der Waals surface area contributed by atoms with E-state index in [0.29, 0.717) is 0 Å². The van der Waals surface area contributed by atoms with Crippen LogP contribution in [-0.4, -0.2) is 0 Å². The van der Waals surface area contributed by atoms with Crippen LogP contribution in [0.25, 0.3) is 76.1 Å². The van der Waals surface area contributed by atoms with Crippen LogP contribution in [0, 0.1) is 0 Å². The molecule has 330 valence electrons. The minimum atomic E-state index is 0.919. The average Bonchev–Trinajstić information content (AvgIpc) is 3.43. The van der Waals surface area contributed by atoms with Crippen molar-refractivity contribution in [3.05, 3.63) is 278 Å². The molecule has 1 aliphatic rings. The van der Waals surface area contributed by atoms with Crippen molar-refractivity contribution in [1.29, 1.82) is 0 Å². The van der Waals surface area contributed by atoms with Gasteiger partial charge in [-0.2, -0.15) is 0 Å². The molecular weight excluding hydrogens is 845 g/mol. The smallest absolute Gasteiger partial charge is 0.0540 e. The quantitative estimate of drug-likeness (QED) is 0.133. The molecule has 12 aromatic rings. The molecular formula is C68H48N2. The van der Waals surface area contributed by atoms with Crippen LogP contribution in [-0.2, 0) is 0 Å². The number of benzene rings is 12. The molecule has 12 aromatic carbocycles. The summed E-state index contributed by atoms with van der Waals surface area (Å²) < 4.78 is 0. The van der Waals surface area contributed by atoms with Gasteiger partial charge >= 0.3 is 0 Å². The van der Waals surface area contributed by atoms with Crippen molar-refractivity contribution in [3.8, 4) is 11.1 Å². The second-order valence-electron chi connectivity index (χ2n) is 18.3. The maximum Gasteiger partial charge on any atom is 0.0540 e. The maximum absolute atomic E-state index is 2.48. The summed E-state index contributed by atoms with van der Waals surface area (Å²) in [5, 5.41) is 12.2. The lowest BCUT2D eigenvalue weighted by molar-refractivity contribution is 1.08. The molecule has 0 saturated carbocycles. The number of fused-ring (bicyclic) bond motifs is 5. The van der Waals surface area contributed by atoms with Crippen molar-refractivity contribution in [1.82, 2.24) is 0 Å². The van der Waals surface area contributed by atoms with Gasteiger partial charge in [0.2, 0.25) is 0 Å². The molecule has 0 saturated heterocycles. The van der Waals surface area contributed by atoms with Crippen molar-refractivity contribution in [3.63, 3.8) is 0 Å². The Morgan fingerprint density at radius 3 is 1.21 bits per heavy atom. The van der Waals surface area contributed by atoms with E-state index in [1.807, 2.05) is 0 Å². The molecule has 1 aliphatic carbocycles. The third kappa shape index (κ3) is 7.21. The molecule has 0 aromatic heterocycles. The molecule has 70 heavy (non-hydrogen) atoms. The Bertz CT molecular complexity index is 3990. The van der Waals surface area contributed by atoms with E-state index >= 15 is 0 Å². The summed E-state index contributed by atoms with van der Waals surface area (Å²) in [4.78, 5) is 4.89. The van der Waals surface area contributed by atoms with E-state index in [2.05, 4.69) is 277 Å². The van der Waals surface area contributed by atoms with E-state index in [1.54, 1.807) is 0 Å². The van der Waals surface area contributed by atoms with Crippen molar-refractivity contribution >= 4 is 99.1 Å². The van der Waals surface area contributed by atoms with E-state index in [9.17, 15) is 0 Å². The van der Waals surface area contributed by atoms with Gasteiger partial charge in [-0.25, -0.2) is 0 Å². The topological polar surface area (TPSA) is 6.48 Å². The Balaban J connectivity index is 1.14. The van der Waals surface area contributed by atoms with Gasteiger partial charge in [0.15, 0.2) is 0 Å². The first-order valence-electron chi connectivity index (χ1n) is 24.4. The third-order valence-corrected chi connectivity index (χ3v) is 14.3. The summed E-state index contributed by atoms with van der Waals surface area (Å²) in [6.07, 6.45) is 6.65. The molecule has 0 atom stereocenters. The second-order valence-corrected chi connectivity index (χ2v) is 18.3. The minimum Gasteiger partial charge on any atom is -0.310 e. The summed E-state index contributed by atoms with van der Waals surface area (Å²) in [7, 11) is 0. The van der Waals surface area contributed by atoms with Gasteiger partial charge in [0, 0.05) is 33.5 Å². The lowest BCUT2D eigenvalue weighted by atomic mass is 9.81. The fourth-order valence-corrected chi connectivity index (χ4v) is 11.1. The first kappa shape index (κ1) is 41.2. The van der Waals surface area contributed by atoms with Crippen LogP contribution in [0.15, 0.2) is 267 Å². The molecule has 0 heterocycles. The molecule has 0 N–H and O–H groups in total. The van der Waals surface area contributed by atoms with E-state index in [1.165, 1.54) is 87.3 Å². The minimum absolute atomic E-state index is 0.919. The van der Waals surface area contributed by atoms with Crippen LogP contribution in [0.4, 0.5) is 34.1 Å². The summed E-state index contributed by atoms with van der Waals surface area (Å²) in [6.45, 7) is 0. The van der Waals surface area contributed by atoms with Crippen LogP contribution < -0.4 is 9.80 Å². The molecule has 13 rings (SSSR count). The monoisotopic (exact) mass is 892 g/mol. The highest BCUT2D eigenvalue weighted by Gasteiger charge is 2.25. The zero-order chi connectivity index (χ0) is 46.4. The predicted molar refractivity (Wildman–Crippen MR) is 300 cm³/mol. The Hall–Kier alpha value is -8.98. The van der Waals surface area contributed by atoms with Gasteiger partial charge < -0.3 is 9.80 Å². The SMILES string of the molecule is C1=C(c2ccccc2)CCC(c2c3cc(N(c4ccccc4)c4cccc5ccccc45)ccc3c(-c3cccc4ccccc34)c3cc(N(c4ccccc4)c4cccc5ccccc45)ccc23)=C1. The molecule has 0 bridgehead atoms. The average molecular weight is 893 g/mol. The van der Waals surface area contributed by atoms with Crippen LogP contribution in [0.5, 0.6) is 0 Å². The molecule has 2 heteroatoms. The summed E-state index contributed by atoms with van der Waals surface area (Å²) in [5.74, 6) is 0. The first-order chi connectivity index (χ1) is 34.7. The van der Waals surface area contributed by atoms with Crippen molar-refractivity contribution in [2.24, 2.45) is 0 Å². The lowest BCUT2D eigenvalue weighted by Crippen LogP contribution is -2.11. The second kappa shape index (κ2) is 17.6. The molecule has 0 radical (unpaired) electrons. The molecule has 0 amide bonds. The Morgan fingerprint density at radius 1 is 0.257 bits per heavy atom. The van der Waals surface area contributed by atoms with E-state index in [-0.39, 0.29) is 0 Å². The van der Waals surface area contributed by atoms with Gasteiger partial charge in [-0.05, 0) is 150 Å². The van der Waals surface area contributed by atoms with Crippen molar-refractivity contribution in [2.45, 2.75) is 12.8 Å². The largest absolute Gasteiger partial charge is 0.310 e. The summed E-state index contributed by atoms with van der Waals surface area (Å²) in [6, 6.07) is 93.5. The van der Waals surface area contributed by atoms with Crippen LogP contribution in [0.2, 0.25) is 0 Å². The van der Waals surface area contributed by atoms with E-state index < -0.39 is 0 Å². The predicted octanol–water partition coefficient (Wildman–Crippen LogP) is 19.3. The molecule has 0 fully saturated rings. The highest BCUT2D eigenvalue weighted by molar-refractivity contribution is 6.23. The fourth-order valence-electron chi connectivity index (χ4n) is 11.1. The maximum atomic E-state index is 2.48. The Kier molecular flexibility index (Phi) is 10.4. The molecule has 0 unspecified atom stereocenters. The number of rotatable bonds is 9. The zero-order valence-electron chi connectivity index (χ0n) is 38.7. The normalized spacial score (nSPS) is 12.6. The van der Waals surface area contributed by atoms with E-state index in [0.717, 1.165) is 47.0 Å². The van der Waals surface area contributed by atoms with Crippen LogP contribution >= 0.6 is 0 Å².